The van der Waals surface area contributed by atoms with Gasteiger partial charge in [0.25, 0.3) is 0 Å². The zero-order valence-corrected chi connectivity index (χ0v) is 24.3. The highest BCUT2D eigenvalue weighted by atomic mass is 35.5. The summed E-state index contributed by atoms with van der Waals surface area (Å²) < 4.78 is 11.9. The minimum atomic E-state index is -1.09. The predicted octanol–water partition coefficient (Wildman–Crippen LogP) is 8.10. The van der Waals surface area contributed by atoms with E-state index in [9.17, 15) is 15.0 Å². The van der Waals surface area contributed by atoms with Crippen LogP contribution in [0.5, 0.6) is 5.75 Å². The van der Waals surface area contributed by atoms with Crippen molar-refractivity contribution in [1.82, 2.24) is 15.4 Å². The van der Waals surface area contributed by atoms with Gasteiger partial charge in [0, 0.05) is 22.4 Å². The number of fused-ring (bicyclic) bond motifs is 1. The van der Waals surface area contributed by atoms with Gasteiger partial charge in [0.15, 0.2) is 5.69 Å². The van der Waals surface area contributed by atoms with Gasteiger partial charge in [-0.1, -0.05) is 64.2 Å². The molecule has 2 fully saturated rings. The van der Waals surface area contributed by atoms with Gasteiger partial charge in [-0.25, -0.2) is 4.79 Å². The summed E-state index contributed by atoms with van der Waals surface area (Å²) in [6.07, 6.45) is 3.01. The van der Waals surface area contributed by atoms with Crippen LogP contribution in [-0.2, 0) is 12.2 Å². The number of hydrogen-bond acceptors (Lipinski definition) is 6. The first-order chi connectivity index (χ1) is 20.2. The summed E-state index contributed by atoms with van der Waals surface area (Å²) >= 11 is 19.6. The quantitative estimate of drug-likeness (QED) is 0.159. The fourth-order valence-electron chi connectivity index (χ4n) is 5.83. The van der Waals surface area contributed by atoms with E-state index in [1.807, 2.05) is 12.1 Å². The largest absolute Gasteiger partial charge is 0.489 e. The summed E-state index contributed by atoms with van der Waals surface area (Å²) in [5.74, 6) is 0.634. The van der Waals surface area contributed by atoms with Crippen molar-refractivity contribution in [2.45, 2.75) is 49.7 Å². The molecule has 0 unspecified atom stereocenters. The Kier molecular flexibility index (Phi) is 6.70. The van der Waals surface area contributed by atoms with Crippen LogP contribution in [0.3, 0.4) is 0 Å². The number of carboxylic acid groups (broad SMARTS) is 1. The number of aromatic carboxylic acids is 1. The molecule has 3 N–H and O–H groups in total. The van der Waals surface area contributed by atoms with Crippen molar-refractivity contribution in [1.29, 1.82) is 0 Å². The Morgan fingerprint density at radius 3 is 2.48 bits per heavy atom. The van der Waals surface area contributed by atoms with E-state index >= 15 is 0 Å². The number of H-pyrrole nitrogens is 1. The lowest BCUT2D eigenvalue weighted by Gasteiger charge is -2.44. The highest BCUT2D eigenvalue weighted by molar-refractivity contribution is 6.39. The zero-order chi connectivity index (χ0) is 29.2. The number of aromatic nitrogens is 3. The standard InChI is InChI=1S/C31H24Cl3N3O5/c32-22-2-1-3-23(33)26(22)27-20(29(42-37-27)15-4-5-15)14-41-18-7-9-21(24(34)11-18)31(40)12-17(13-31)16-6-8-19-25(10-16)35-36-28(19)30(38)39/h1-3,6-11,15,17,40H,4-5,12-14H2,(H,35,36)(H,38,39)/t17-,31+. The van der Waals surface area contributed by atoms with Gasteiger partial charge >= 0.3 is 5.97 Å². The minimum absolute atomic E-state index is 0.00700. The van der Waals surface area contributed by atoms with Gasteiger partial charge in [-0.15, -0.1) is 0 Å². The van der Waals surface area contributed by atoms with Gasteiger partial charge < -0.3 is 19.5 Å². The third-order valence-corrected chi connectivity index (χ3v) is 9.16. The first-order valence-corrected chi connectivity index (χ1v) is 14.6. The van der Waals surface area contributed by atoms with Crippen molar-refractivity contribution in [2.24, 2.45) is 0 Å². The molecular weight excluding hydrogens is 601 g/mol. The molecule has 42 heavy (non-hydrogen) atoms. The van der Waals surface area contributed by atoms with Crippen molar-refractivity contribution in [3.8, 4) is 17.0 Å². The summed E-state index contributed by atoms with van der Waals surface area (Å²) in [7, 11) is 0. The van der Waals surface area contributed by atoms with E-state index in [0.29, 0.717) is 67.3 Å². The Labute approximate surface area is 255 Å². The van der Waals surface area contributed by atoms with E-state index in [2.05, 4.69) is 15.4 Å². The topological polar surface area (TPSA) is 121 Å². The van der Waals surface area contributed by atoms with Crippen molar-refractivity contribution >= 4 is 51.7 Å². The number of ether oxygens (including phenoxy) is 1. The maximum absolute atomic E-state index is 11.4. The predicted molar refractivity (Wildman–Crippen MR) is 159 cm³/mol. The number of rotatable bonds is 8. The number of benzene rings is 3. The summed E-state index contributed by atoms with van der Waals surface area (Å²) in [5.41, 5.74) is 3.17. The Balaban J connectivity index is 1.08. The molecule has 0 radical (unpaired) electrons. The van der Waals surface area contributed by atoms with Crippen LogP contribution in [0, 0.1) is 0 Å². The van der Waals surface area contributed by atoms with Crippen LogP contribution in [0.4, 0.5) is 0 Å². The molecule has 2 aliphatic rings. The zero-order valence-electron chi connectivity index (χ0n) is 22.0. The van der Waals surface area contributed by atoms with Crippen LogP contribution in [0.2, 0.25) is 15.1 Å². The van der Waals surface area contributed by atoms with Crippen molar-refractivity contribution in [3.05, 3.63) is 97.8 Å². The SMILES string of the molecule is O=C(O)c1n[nH]c2cc([C@H]3C[C@](O)(c4ccc(OCc5c(-c6c(Cl)cccc6Cl)noc5C5CC5)cc4Cl)C3)ccc12. The van der Waals surface area contributed by atoms with Crippen molar-refractivity contribution < 1.29 is 24.3 Å². The summed E-state index contributed by atoms with van der Waals surface area (Å²) in [6.45, 7) is 0.188. The van der Waals surface area contributed by atoms with Crippen molar-refractivity contribution in [3.63, 3.8) is 0 Å². The first-order valence-electron chi connectivity index (χ1n) is 13.5. The molecule has 0 atom stereocenters. The number of aliphatic hydroxyl groups is 1. The smallest absolute Gasteiger partial charge is 0.357 e. The second-order valence-corrected chi connectivity index (χ2v) is 12.2. The molecule has 11 heteroatoms. The van der Waals surface area contributed by atoms with E-state index in [4.69, 9.17) is 44.1 Å². The number of aromatic amines is 1. The molecule has 8 nitrogen and oxygen atoms in total. The average Bonchev–Trinajstić information content (AvgIpc) is 3.56. The lowest BCUT2D eigenvalue weighted by atomic mass is 9.65. The number of nitrogens with one attached hydrogen (secondary N) is 1. The summed E-state index contributed by atoms with van der Waals surface area (Å²) in [6, 6.07) is 16.1. The summed E-state index contributed by atoms with van der Waals surface area (Å²) in [5, 5.41) is 33.6. The number of hydrogen-bond donors (Lipinski definition) is 3. The van der Waals surface area contributed by atoms with E-state index in [-0.39, 0.29) is 18.2 Å². The molecule has 0 saturated heterocycles. The number of halogens is 3. The van der Waals surface area contributed by atoms with Gasteiger partial charge in [-0.05, 0) is 67.5 Å². The lowest BCUT2D eigenvalue weighted by molar-refractivity contribution is -0.0549. The van der Waals surface area contributed by atoms with Crippen LogP contribution < -0.4 is 4.74 Å². The molecule has 3 aromatic carbocycles. The molecule has 2 heterocycles. The Morgan fingerprint density at radius 2 is 1.79 bits per heavy atom. The molecule has 0 aliphatic heterocycles. The average molecular weight is 625 g/mol. The fraction of sp³-hybridized carbons (Fsp3) is 0.258. The number of carbonyl (C=O) groups is 1. The normalized spacial score (nSPS) is 20.0. The third-order valence-electron chi connectivity index (χ3n) is 8.22. The first kappa shape index (κ1) is 27.3. The van der Waals surface area contributed by atoms with Crippen LogP contribution in [0.15, 0.2) is 59.1 Å². The number of nitrogens with zero attached hydrogens (tertiary/aromatic N) is 2. The van der Waals surface area contributed by atoms with E-state index < -0.39 is 11.6 Å². The highest BCUT2D eigenvalue weighted by Crippen LogP contribution is 2.53. The van der Waals surface area contributed by atoms with Gasteiger partial charge in [0.1, 0.15) is 23.8 Å². The fourth-order valence-corrected chi connectivity index (χ4v) is 6.75. The van der Waals surface area contributed by atoms with Crippen molar-refractivity contribution in [2.75, 3.05) is 0 Å². The third kappa shape index (κ3) is 4.72. The Hall–Kier alpha value is -3.56. The Bertz CT molecular complexity index is 1840. The molecule has 214 valence electrons. The maximum Gasteiger partial charge on any atom is 0.357 e. The van der Waals surface area contributed by atoms with Gasteiger partial charge in [-0.3, -0.25) is 5.10 Å². The minimum Gasteiger partial charge on any atom is -0.489 e. The number of carboxylic acids is 1. The molecule has 2 aliphatic carbocycles. The van der Waals surface area contributed by atoms with Crippen LogP contribution in [0.1, 0.15) is 70.5 Å². The van der Waals surface area contributed by atoms with Crippen LogP contribution >= 0.6 is 34.8 Å². The molecule has 7 rings (SSSR count). The molecule has 5 aromatic rings. The van der Waals surface area contributed by atoms with E-state index in [0.717, 1.165) is 29.7 Å². The van der Waals surface area contributed by atoms with Crippen LogP contribution in [-0.4, -0.2) is 31.5 Å². The second-order valence-electron chi connectivity index (χ2n) is 11.0. The molecule has 0 bridgehead atoms. The molecule has 0 spiro atoms. The molecular formula is C31H24Cl3N3O5. The van der Waals surface area contributed by atoms with E-state index in [1.54, 1.807) is 42.5 Å². The van der Waals surface area contributed by atoms with Crippen LogP contribution in [0.25, 0.3) is 22.2 Å². The molecule has 2 saturated carbocycles. The molecule has 2 aromatic heterocycles. The van der Waals surface area contributed by atoms with Gasteiger partial charge in [0.2, 0.25) is 0 Å². The summed E-state index contributed by atoms with van der Waals surface area (Å²) in [4.78, 5) is 11.3. The highest BCUT2D eigenvalue weighted by Gasteiger charge is 2.46. The lowest BCUT2D eigenvalue weighted by Crippen LogP contribution is -2.40. The van der Waals surface area contributed by atoms with Gasteiger partial charge in [-0.2, -0.15) is 5.10 Å². The monoisotopic (exact) mass is 623 g/mol. The Morgan fingerprint density at radius 1 is 1.02 bits per heavy atom. The molecule has 0 amide bonds. The maximum atomic E-state index is 11.4. The van der Waals surface area contributed by atoms with E-state index in [1.165, 1.54) is 0 Å². The second kappa shape index (κ2) is 10.3. The van der Waals surface area contributed by atoms with Gasteiger partial charge in [0.05, 0.1) is 31.7 Å².